The minimum absolute atomic E-state index is 0.705. The molecule has 10 aromatic rings. The molecule has 0 saturated heterocycles. The first-order valence-corrected chi connectivity index (χ1v) is 18.7. The van der Waals surface area contributed by atoms with Crippen molar-refractivity contribution in [3.05, 3.63) is 194 Å². The number of pyridine rings is 1. The molecule has 0 fully saturated rings. The molecule has 0 amide bonds. The van der Waals surface area contributed by atoms with E-state index in [1.807, 2.05) is 13.0 Å². The molecule has 0 N–H and O–H groups in total. The Morgan fingerprint density at radius 2 is 0.927 bits per heavy atom. The average molecular weight is 702 g/mol. The summed E-state index contributed by atoms with van der Waals surface area (Å²) in [5.41, 5.74) is 10.3. The fourth-order valence-electron chi connectivity index (χ4n) is 7.81. The SMILES string of the molecule is C/C=C\C=C/c1cc(-c2ccc(-c3nc(-c4ccc5ccccc5c4)c4ccccc4n3)cc2)cc2c(-c3ccc4ccccc4c3)nc3ccccc3c12. The van der Waals surface area contributed by atoms with Crippen LogP contribution in [0.25, 0.3) is 105 Å². The van der Waals surface area contributed by atoms with Gasteiger partial charge in [-0.2, -0.15) is 0 Å². The van der Waals surface area contributed by atoms with Gasteiger partial charge in [-0.05, 0) is 81.6 Å². The number of rotatable bonds is 6. The van der Waals surface area contributed by atoms with E-state index in [9.17, 15) is 0 Å². The Balaban J connectivity index is 1.13. The fourth-order valence-corrected chi connectivity index (χ4v) is 7.81. The van der Waals surface area contributed by atoms with Crippen molar-refractivity contribution in [1.82, 2.24) is 15.0 Å². The molecule has 8 aromatic carbocycles. The van der Waals surface area contributed by atoms with Gasteiger partial charge in [0.15, 0.2) is 5.82 Å². The normalized spacial score (nSPS) is 11.9. The predicted octanol–water partition coefficient (Wildman–Crippen LogP) is 13.9. The number of fused-ring (bicyclic) bond motifs is 6. The van der Waals surface area contributed by atoms with Crippen LogP contribution < -0.4 is 0 Å². The Labute approximate surface area is 319 Å². The van der Waals surface area contributed by atoms with Crippen molar-refractivity contribution in [2.24, 2.45) is 0 Å². The van der Waals surface area contributed by atoms with Crippen LogP contribution in [0, 0.1) is 0 Å². The number of aromatic nitrogens is 3. The Bertz CT molecular complexity index is 3150. The lowest BCUT2D eigenvalue weighted by atomic mass is 9.91. The van der Waals surface area contributed by atoms with Crippen LogP contribution in [-0.2, 0) is 0 Å². The number of hydrogen-bond donors (Lipinski definition) is 0. The Kier molecular flexibility index (Phi) is 8.04. The predicted molar refractivity (Wildman–Crippen MR) is 233 cm³/mol. The zero-order chi connectivity index (χ0) is 36.7. The van der Waals surface area contributed by atoms with E-state index < -0.39 is 0 Å². The van der Waals surface area contributed by atoms with Crippen molar-refractivity contribution in [2.45, 2.75) is 6.92 Å². The van der Waals surface area contributed by atoms with E-state index >= 15 is 0 Å². The van der Waals surface area contributed by atoms with Gasteiger partial charge in [0.25, 0.3) is 0 Å². The molecule has 0 aliphatic heterocycles. The van der Waals surface area contributed by atoms with Gasteiger partial charge in [-0.1, -0.05) is 158 Å². The van der Waals surface area contributed by atoms with E-state index in [2.05, 4.69) is 188 Å². The molecule has 0 aliphatic carbocycles. The van der Waals surface area contributed by atoms with E-state index in [0.29, 0.717) is 5.82 Å². The van der Waals surface area contributed by atoms with Gasteiger partial charge in [0, 0.05) is 38.2 Å². The van der Waals surface area contributed by atoms with Crippen LogP contribution in [0.1, 0.15) is 12.5 Å². The van der Waals surface area contributed by atoms with Crippen molar-refractivity contribution in [3.8, 4) is 45.0 Å². The summed E-state index contributed by atoms with van der Waals surface area (Å²) in [5.74, 6) is 0.705. The molecule has 55 heavy (non-hydrogen) atoms. The number of para-hydroxylation sites is 2. The molecule has 0 spiro atoms. The van der Waals surface area contributed by atoms with Crippen LogP contribution in [-0.4, -0.2) is 15.0 Å². The monoisotopic (exact) mass is 701 g/mol. The third-order valence-corrected chi connectivity index (χ3v) is 10.5. The van der Waals surface area contributed by atoms with Gasteiger partial charge < -0.3 is 0 Å². The first kappa shape index (κ1) is 32.4. The van der Waals surface area contributed by atoms with Gasteiger partial charge >= 0.3 is 0 Å². The second-order valence-corrected chi connectivity index (χ2v) is 14.0. The standard InChI is InChI=1S/C52H35N3/c1-2-3-4-17-40-32-43(33-46-49(40)44-18-9-11-20-47(44)53-51(46)42-29-25-35-14-6-8-16-39(35)31-42)36-22-26-37(27-23-36)52-54-48-21-12-10-19-45(48)50(55-52)41-28-24-34-13-5-7-15-38(34)30-41/h2-33H,1H3/b3-2-,17-4-. The van der Waals surface area contributed by atoms with E-state index in [1.165, 1.54) is 26.9 Å². The Hall–Kier alpha value is -7.23. The van der Waals surface area contributed by atoms with Crippen LogP contribution in [0.4, 0.5) is 0 Å². The molecule has 0 saturated carbocycles. The van der Waals surface area contributed by atoms with Crippen molar-refractivity contribution in [2.75, 3.05) is 0 Å². The lowest BCUT2D eigenvalue weighted by molar-refractivity contribution is 1.23. The zero-order valence-electron chi connectivity index (χ0n) is 30.3. The average Bonchev–Trinajstić information content (AvgIpc) is 3.25. The van der Waals surface area contributed by atoms with Crippen LogP contribution in [0.5, 0.6) is 0 Å². The highest BCUT2D eigenvalue weighted by atomic mass is 14.9. The summed E-state index contributed by atoms with van der Waals surface area (Å²) < 4.78 is 0. The molecular formula is C52H35N3. The largest absolute Gasteiger partial charge is 0.247 e. The molecule has 0 atom stereocenters. The van der Waals surface area contributed by atoms with Crippen LogP contribution >= 0.6 is 0 Å². The van der Waals surface area contributed by atoms with Crippen molar-refractivity contribution < 1.29 is 0 Å². The third-order valence-electron chi connectivity index (χ3n) is 10.5. The second-order valence-electron chi connectivity index (χ2n) is 14.0. The van der Waals surface area contributed by atoms with Crippen molar-refractivity contribution in [3.63, 3.8) is 0 Å². The fraction of sp³-hybridized carbons (Fsp3) is 0.0192. The van der Waals surface area contributed by atoms with E-state index in [0.717, 1.165) is 72.0 Å². The quantitative estimate of drug-likeness (QED) is 0.128. The molecule has 2 heterocycles. The summed E-state index contributed by atoms with van der Waals surface area (Å²) in [7, 11) is 0. The summed E-state index contributed by atoms with van der Waals surface area (Å²) in [6.07, 6.45) is 8.48. The topological polar surface area (TPSA) is 38.7 Å². The summed E-state index contributed by atoms with van der Waals surface area (Å²) >= 11 is 0. The number of hydrogen-bond acceptors (Lipinski definition) is 3. The zero-order valence-corrected chi connectivity index (χ0v) is 30.3. The van der Waals surface area contributed by atoms with Gasteiger partial charge in [-0.25, -0.2) is 15.0 Å². The third kappa shape index (κ3) is 5.93. The molecule has 2 aromatic heterocycles. The van der Waals surface area contributed by atoms with Crippen LogP contribution in [0.2, 0.25) is 0 Å². The van der Waals surface area contributed by atoms with E-state index in [4.69, 9.17) is 15.0 Å². The van der Waals surface area contributed by atoms with Crippen molar-refractivity contribution >= 4 is 60.2 Å². The highest BCUT2D eigenvalue weighted by Gasteiger charge is 2.17. The van der Waals surface area contributed by atoms with E-state index in [1.54, 1.807) is 0 Å². The molecule has 3 heteroatoms. The highest BCUT2D eigenvalue weighted by Crippen LogP contribution is 2.40. The van der Waals surface area contributed by atoms with E-state index in [-0.39, 0.29) is 0 Å². The lowest BCUT2D eigenvalue weighted by Gasteiger charge is -2.15. The maximum absolute atomic E-state index is 5.33. The number of nitrogens with zero attached hydrogens (tertiary/aromatic N) is 3. The smallest absolute Gasteiger partial charge is 0.160 e. The minimum Gasteiger partial charge on any atom is -0.247 e. The lowest BCUT2D eigenvalue weighted by Crippen LogP contribution is -1.95. The summed E-state index contributed by atoms with van der Waals surface area (Å²) in [6, 6.07) is 60.2. The van der Waals surface area contributed by atoms with Gasteiger partial charge in [0.2, 0.25) is 0 Å². The van der Waals surface area contributed by atoms with Crippen molar-refractivity contribution in [1.29, 1.82) is 0 Å². The number of allylic oxidation sites excluding steroid dienone is 3. The molecule has 0 bridgehead atoms. The molecule has 0 unspecified atom stereocenters. The summed E-state index contributed by atoms with van der Waals surface area (Å²) in [6.45, 7) is 2.04. The first-order valence-electron chi connectivity index (χ1n) is 18.7. The molecular weight excluding hydrogens is 667 g/mol. The maximum atomic E-state index is 5.33. The highest BCUT2D eigenvalue weighted by molar-refractivity contribution is 6.15. The molecule has 3 nitrogen and oxygen atoms in total. The summed E-state index contributed by atoms with van der Waals surface area (Å²) in [4.78, 5) is 15.6. The maximum Gasteiger partial charge on any atom is 0.160 e. The number of benzene rings is 8. The van der Waals surface area contributed by atoms with Crippen LogP contribution in [0.15, 0.2) is 188 Å². The minimum atomic E-state index is 0.705. The molecule has 10 rings (SSSR count). The van der Waals surface area contributed by atoms with Crippen LogP contribution in [0.3, 0.4) is 0 Å². The molecule has 258 valence electrons. The Morgan fingerprint density at radius 1 is 0.382 bits per heavy atom. The first-order chi connectivity index (χ1) is 27.2. The van der Waals surface area contributed by atoms with Gasteiger partial charge in [-0.15, -0.1) is 0 Å². The molecule has 0 radical (unpaired) electrons. The summed E-state index contributed by atoms with van der Waals surface area (Å²) in [5, 5.41) is 9.30. The Morgan fingerprint density at radius 3 is 1.60 bits per heavy atom. The van der Waals surface area contributed by atoms with Gasteiger partial charge in [-0.3, -0.25) is 0 Å². The molecule has 0 aliphatic rings. The van der Waals surface area contributed by atoms with Gasteiger partial charge in [0.05, 0.1) is 22.4 Å². The van der Waals surface area contributed by atoms with Gasteiger partial charge in [0.1, 0.15) is 0 Å². The second kappa shape index (κ2) is 13.6.